The summed E-state index contributed by atoms with van der Waals surface area (Å²) in [5.74, 6) is -0.366. The Labute approximate surface area is 100 Å². The van der Waals surface area contributed by atoms with Gasteiger partial charge in [-0.2, -0.15) is 0 Å². The maximum Gasteiger partial charge on any atom is 0.236 e. The average molecular weight is 242 g/mol. The van der Waals surface area contributed by atoms with Gasteiger partial charge in [0.05, 0.1) is 17.3 Å². The van der Waals surface area contributed by atoms with Gasteiger partial charge in [0.25, 0.3) is 0 Å². The maximum absolute atomic E-state index is 10.9. The van der Waals surface area contributed by atoms with Crippen molar-refractivity contribution in [2.75, 3.05) is 23.7 Å². The van der Waals surface area contributed by atoms with Crippen molar-refractivity contribution in [2.45, 2.75) is 13.8 Å². The third-order valence-electron chi connectivity index (χ3n) is 2.38. The van der Waals surface area contributed by atoms with Crippen molar-refractivity contribution in [1.82, 2.24) is 0 Å². The number of aryl methyl sites for hydroxylation is 1. The van der Waals surface area contributed by atoms with E-state index >= 15 is 0 Å². The first kappa shape index (κ1) is 12.6. The highest BCUT2D eigenvalue weighted by molar-refractivity contribution is 6.33. The highest BCUT2D eigenvalue weighted by Gasteiger charge is 2.11. The van der Waals surface area contributed by atoms with Crippen LogP contribution >= 0.6 is 11.6 Å². The predicted molar refractivity (Wildman–Crippen MR) is 67.7 cm³/mol. The number of halogens is 1. The summed E-state index contributed by atoms with van der Waals surface area (Å²) in [5.41, 5.74) is 13.3. The summed E-state index contributed by atoms with van der Waals surface area (Å²) in [7, 11) is 0. The molecule has 0 aromatic heterocycles. The van der Waals surface area contributed by atoms with Gasteiger partial charge < -0.3 is 16.4 Å². The number of primary amides is 1. The molecule has 88 valence electrons. The minimum atomic E-state index is -0.366. The number of hydrogen-bond acceptors (Lipinski definition) is 3. The lowest BCUT2D eigenvalue weighted by Gasteiger charge is -2.24. The lowest BCUT2D eigenvalue weighted by Crippen LogP contribution is -2.34. The molecule has 0 heterocycles. The van der Waals surface area contributed by atoms with Crippen molar-refractivity contribution in [3.05, 3.63) is 22.7 Å². The molecule has 0 aliphatic carbocycles. The molecular formula is C11H16ClN3O. The lowest BCUT2D eigenvalue weighted by molar-refractivity contribution is -0.116. The monoisotopic (exact) mass is 241 g/mol. The molecule has 1 rings (SSSR count). The van der Waals surface area contributed by atoms with E-state index in [9.17, 15) is 4.79 Å². The molecule has 0 bridgehead atoms. The predicted octanol–water partition coefficient (Wildman–Crippen LogP) is 1.54. The van der Waals surface area contributed by atoms with Crippen molar-refractivity contribution < 1.29 is 4.79 Å². The molecule has 0 saturated carbocycles. The highest BCUT2D eigenvalue weighted by atomic mass is 35.5. The van der Waals surface area contributed by atoms with Gasteiger partial charge in [-0.05, 0) is 31.5 Å². The van der Waals surface area contributed by atoms with Crippen molar-refractivity contribution >= 4 is 28.9 Å². The molecule has 4 N–H and O–H groups in total. The molecule has 1 aromatic carbocycles. The summed E-state index contributed by atoms with van der Waals surface area (Å²) in [4.78, 5) is 12.8. The first-order chi connectivity index (χ1) is 7.45. The Kier molecular flexibility index (Phi) is 4.01. The Balaban J connectivity index is 3.09. The normalized spacial score (nSPS) is 10.2. The van der Waals surface area contributed by atoms with E-state index in [1.54, 1.807) is 12.1 Å². The Hall–Kier alpha value is -1.42. The average Bonchev–Trinajstić information content (AvgIpc) is 2.20. The van der Waals surface area contributed by atoms with Gasteiger partial charge in [0.15, 0.2) is 0 Å². The zero-order chi connectivity index (χ0) is 12.3. The number of benzene rings is 1. The zero-order valence-electron chi connectivity index (χ0n) is 9.46. The number of nitrogens with two attached hydrogens (primary N) is 2. The molecule has 1 amide bonds. The number of nitrogen functional groups attached to an aromatic ring is 1. The second-order valence-electron chi connectivity index (χ2n) is 3.64. The smallest absolute Gasteiger partial charge is 0.236 e. The minimum absolute atomic E-state index is 0.178. The molecular weight excluding hydrogens is 226 g/mol. The summed E-state index contributed by atoms with van der Waals surface area (Å²) < 4.78 is 0. The van der Waals surface area contributed by atoms with Gasteiger partial charge in [-0.25, -0.2) is 0 Å². The fourth-order valence-corrected chi connectivity index (χ4v) is 1.75. The van der Waals surface area contributed by atoms with E-state index in [-0.39, 0.29) is 12.5 Å². The molecule has 0 saturated heterocycles. The number of carbonyl (C=O) groups excluding carboxylic acids is 1. The fourth-order valence-electron chi connectivity index (χ4n) is 1.59. The molecule has 0 aliphatic rings. The molecule has 0 aliphatic heterocycles. The van der Waals surface area contributed by atoms with Gasteiger partial charge in [-0.3, -0.25) is 4.79 Å². The number of anilines is 2. The maximum atomic E-state index is 10.9. The van der Waals surface area contributed by atoms with Crippen molar-refractivity contribution in [2.24, 2.45) is 5.73 Å². The van der Waals surface area contributed by atoms with E-state index < -0.39 is 0 Å². The molecule has 0 atom stereocenters. The number of likely N-dealkylation sites (N-methyl/N-ethyl adjacent to an activating group) is 1. The van der Waals surface area contributed by atoms with Crippen molar-refractivity contribution in [3.8, 4) is 0 Å². The summed E-state index contributed by atoms with van der Waals surface area (Å²) >= 11 is 5.96. The molecule has 5 heteroatoms. The van der Waals surface area contributed by atoms with Gasteiger partial charge in [-0.15, -0.1) is 0 Å². The number of hydrogen-bond donors (Lipinski definition) is 2. The zero-order valence-corrected chi connectivity index (χ0v) is 10.2. The van der Waals surface area contributed by atoms with Crippen LogP contribution in [0, 0.1) is 6.92 Å². The number of nitrogens with zero attached hydrogens (tertiary/aromatic N) is 1. The molecule has 1 aromatic rings. The standard InChI is InChI=1S/C11H16ClN3O/c1-3-15(6-11(14)16)10-5-8(12)9(13)4-7(10)2/h4-5H,3,6,13H2,1-2H3,(H2,14,16). The van der Waals surface area contributed by atoms with Crippen LogP contribution in [-0.4, -0.2) is 19.0 Å². The minimum Gasteiger partial charge on any atom is -0.398 e. The fraction of sp³-hybridized carbons (Fsp3) is 0.364. The van der Waals surface area contributed by atoms with Gasteiger partial charge in [0.2, 0.25) is 5.91 Å². The molecule has 0 unspecified atom stereocenters. The Bertz CT molecular complexity index is 406. The van der Waals surface area contributed by atoms with Crippen LogP contribution in [0.2, 0.25) is 5.02 Å². The van der Waals surface area contributed by atoms with Gasteiger partial charge >= 0.3 is 0 Å². The van der Waals surface area contributed by atoms with E-state index in [1.807, 2.05) is 18.7 Å². The van der Waals surface area contributed by atoms with Crippen LogP contribution in [0.25, 0.3) is 0 Å². The molecule has 0 spiro atoms. The van der Waals surface area contributed by atoms with Gasteiger partial charge in [0.1, 0.15) is 0 Å². The van der Waals surface area contributed by atoms with Gasteiger partial charge in [0, 0.05) is 12.2 Å². The first-order valence-electron chi connectivity index (χ1n) is 5.04. The number of rotatable bonds is 4. The van der Waals surface area contributed by atoms with Crippen LogP contribution in [0.15, 0.2) is 12.1 Å². The third kappa shape index (κ3) is 2.79. The molecule has 0 radical (unpaired) electrons. The van der Waals surface area contributed by atoms with Crippen LogP contribution in [0.1, 0.15) is 12.5 Å². The summed E-state index contributed by atoms with van der Waals surface area (Å²) in [6.45, 7) is 4.74. The Morgan fingerprint density at radius 1 is 1.50 bits per heavy atom. The third-order valence-corrected chi connectivity index (χ3v) is 2.71. The quantitative estimate of drug-likeness (QED) is 0.786. The SMILES string of the molecule is CCN(CC(N)=O)c1cc(Cl)c(N)cc1C. The van der Waals surface area contributed by atoms with Crippen LogP contribution in [-0.2, 0) is 4.79 Å². The molecule has 4 nitrogen and oxygen atoms in total. The summed E-state index contributed by atoms with van der Waals surface area (Å²) in [6, 6.07) is 3.56. The van der Waals surface area contributed by atoms with Crippen LogP contribution in [0.5, 0.6) is 0 Å². The van der Waals surface area contributed by atoms with Crippen LogP contribution in [0.4, 0.5) is 11.4 Å². The number of carbonyl (C=O) groups is 1. The van der Waals surface area contributed by atoms with Crippen molar-refractivity contribution in [1.29, 1.82) is 0 Å². The van der Waals surface area contributed by atoms with E-state index in [2.05, 4.69) is 0 Å². The van der Waals surface area contributed by atoms with Crippen LogP contribution in [0.3, 0.4) is 0 Å². The van der Waals surface area contributed by atoms with Crippen molar-refractivity contribution in [3.63, 3.8) is 0 Å². The second-order valence-corrected chi connectivity index (χ2v) is 4.05. The van der Waals surface area contributed by atoms with E-state index in [4.69, 9.17) is 23.1 Å². The summed E-state index contributed by atoms with van der Waals surface area (Å²) in [5, 5.41) is 0.489. The Morgan fingerprint density at radius 2 is 2.12 bits per heavy atom. The second kappa shape index (κ2) is 5.07. The molecule has 16 heavy (non-hydrogen) atoms. The lowest BCUT2D eigenvalue weighted by atomic mass is 10.1. The van der Waals surface area contributed by atoms with E-state index in [0.717, 1.165) is 11.3 Å². The molecule has 0 fully saturated rings. The topological polar surface area (TPSA) is 72.3 Å². The van der Waals surface area contributed by atoms with E-state index in [0.29, 0.717) is 17.3 Å². The summed E-state index contributed by atoms with van der Waals surface area (Å²) in [6.07, 6.45) is 0. The Morgan fingerprint density at radius 3 is 2.62 bits per heavy atom. The number of amides is 1. The largest absolute Gasteiger partial charge is 0.398 e. The van der Waals surface area contributed by atoms with E-state index in [1.165, 1.54) is 0 Å². The van der Waals surface area contributed by atoms with Gasteiger partial charge in [-0.1, -0.05) is 11.6 Å². The van der Waals surface area contributed by atoms with Crippen LogP contribution < -0.4 is 16.4 Å². The highest BCUT2D eigenvalue weighted by Crippen LogP contribution is 2.29. The first-order valence-corrected chi connectivity index (χ1v) is 5.42.